The van der Waals surface area contributed by atoms with Crippen molar-refractivity contribution in [1.82, 2.24) is 14.9 Å². The third-order valence-corrected chi connectivity index (χ3v) is 6.71. The van der Waals surface area contributed by atoms with Gasteiger partial charge in [0, 0.05) is 25.2 Å². The van der Waals surface area contributed by atoms with Gasteiger partial charge in [-0.1, -0.05) is 11.6 Å². The molecule has 1 aromatic rings. The lowest BCUT2D eigenvalue weighted by atomic mass is 10.1. The fourth-order valence-corrected chi connectivity index (χ4v) is 4.68. The van der Waals surface area contributed by atoms with Crippen LogP contribution in [0.5, 0.6) is 0 Å². The number of rotatable bonds is 4. The number of thiophene rings is 1. The molecule has 1 aromatic heterocycles. The van der Waals surface area contributed by atoms with Crippen LogP contribution in [-0.2, 0) is 14.8 Å². The van der Waals surface area contributed by atoms with E-state index in [0.29, 0.717) is 17.4 Å². The molecular formula is C12H19Cl2N3O3S2. The number of amides is 1. The lowest BCUT2D eigenvalue weighted by Crippen LogP contribution is -2.58. The van der Waals surface area contributed by atoms with Crippen molar-refractivity contribution in [3.63, 3.8) is 0 Å². The van der Waals surface area contributed by atoms with Gasteiger partial charge in [0.1, 0.15) is 4.21 Å². The average molecular weight is 388 g/mol. The van der Waals surface area contributed by atoms with Crippen molar-refractivity contribution in [2.45, 2.75) is 30.1 Å². The monoisotopic (exact) mass is 387 g/mol. The van der Waals surface area contributed by atoms with Crippen molar-refractivity contribution >= 4 is 51.3 Å². The molecule has 0 bridgehead atoms. The summed E-state index contributed by atoms with van der Waals surface area (Å²) in [7, 11) is -3.68. The second-order valence-corrected chi connectivity index (χ2v) is 8.66. The molecule has 22 heavy (non-hydrogen) atoms. The van der Waals surface area contributed by atoms with E-state index in [1.165, 1.54) is 12.1 Å². The zero-order chi connectivity index (χ0) is 15.6. The third-order valence-electron chi connectivity index (χ3n) is 3.58. The second-order valence-electron chi connectivity index (χ2n) is 4.95. The fraction of sp³-hybridized carbons (Fsp3) is 0.583. The molecule has 2 unspecified atom stereocenters. The molecule has 1 saturated heterocycles. The Labute approximate surface area is 145 Å². The first-order chi connectivity index (χ1) is 9.81. The van der Waals surface area contributed by atoms with E-state index in [0.717, 1.165) is 11.3 Å². The van der Waals surface area contributed by atoms with Gasteiger partial charge in [-0.2, -0.15) is 0 Å². The predicted molar refractivity (Wildman–Crippen MR) is 90.4 cm³/mol. The molecule has 126 valence electrons. The van der Waals surface area contributed by atoms with E-state index in [9.17, 15) is 13.2 Å². The highest BCUT2D eigenvalue weighted by Gasteiger charge is 2.28. The van der Waals surface area contributed by atoms with Crippen LogP contribution in [0.25, 0.3) is 0 Å². The Hall–Kier alpha value is -0.380. The minimum absolute atomic E-state index is 0. The average Bonchev–Trinajstić information content (AvgIpc) is 2.87. The molecule has 2 N–H and O–H groups in total. The van der Waals surface area contributed by atoms with E-state index >= 15 is 0 Å². The van der Waals surface area contributed by atoms with Gasteiger partial charge in [-0.25, -0.2) is 13.1 Å². The largest absolute Gasteiger partial charge is 0.336 e. The Morgan fingerprint density at radius 1 is 1.50 bits per heavy atom. The Kier molecular flexibility index (Phi) is 7.10. The molecule has 2 rings (SSSR count). The maximum atomic E-state index is 12.2. The highest BCUT2D eigenvalue weighted by atomic mass is 35.5. The number of carbonyl (C=O) groups is 1. The van der Waals surface area contributed by atoms with Crippen LogP contribution >= 0.6 is 35.3 Å². The molecule has 10 heteroatoms. The molecule has 1 aliphatic heterocycles. The standard InChI is InChI=1S/C12H18ClN3O3S2.ClH/c1-8-9(2)16(6-5-14-8)11(17)7-15-21(18,19)12-4-3-10(13)20-12;/h3-4,8-9,14-15H,5-7H2,1-2H3;1H. The first-order valence-electron chi connectivity index (χ1n) is 6.59. The first-order valence-corrected chi connectivity index (χ1v) is 9.27. The van der Waals surface area contributed by atoms with E-state index in [-0.39, 0.29) is 41.2 Å². The van der Waals surface area contributed by atoms with Crippen molar-refractivity contribution < 1.29 is 13.2 Å². The normalized spacial score (nSPS) is 22.2. The molecule has 0 saturated carbocycles. The van der Waals surface area contributed by atoms with Crippen LogP contribution in [0.1, 0.15) is 13.8 Å². The van der Waals surface area contributed by atoms with Gasteiger partial charge in [-0.3, -0.25) is 4.79 Å². The molecule has 2 atom stereocenters. The minimum Gasteiger partial charge on any atom is -0.336 e. The number of hydrogen-bond donors (Lipinski definition) is 2. The van der Waals surface area contributed by atoms with E-state index in [2.05, 4.69) is 10.0 Å². The number of piperazine rings is 1. The highest BCUT2D eigenvalue weighted by Crippen LogP contribution is 2.25. The molecule has 1 fully saturated rings. The minimum atomic E-state index is -3.68. The van der Waals surface area contributed by atoms with Crippen LogP contribution in [0.2, 0.25) is 4.34 Å². The summed E-state index contributed by atoms with van der Waals surface area (Å²) in [6.07, 6.45) is 0. The van der Waals surface area contributed by atoms with Crippen molar-refractivity contribution in [2.24, 2.45) is 0 Å². The Morgan fingerprint density at radius 3 is 2.77 bits per heavy atom. The van der Waals surface area contributed by atoms with Gasteiger partial charge in [-0.15, -0.1) is 23.7 Å². The van der Waals surface area contributed by atoms with Gasteiger partial charge in [-0.05, 0) is 26.0 Å². The predicted octanol–water partition coefficient (Wildman–Crippen LogP) is 1.31. The van der Waals surface area contributed by atoms with E-state index < -0.39 is 10.0 Å². The second kappa shape index (κ2) is 7.94. The van der Waals surface area contributed by atoms with Crippen molar-refractivity contribution in [2.75, 3.05) is 19.6 Å². The van der Waals surface area contributed by atoms with E-state index in [1.54, 1.807) is 4.90 Å². The zero-order valence-corrected chi connectivity index (χ0v) is 15.4. The van der Waals surface area contributed by atoms with Crippen LogP contribution in [0.3, 0.4) is 0 Å². The van der Waals surface area contributed by atoms with Gasteiger partial charge in [0.25, 0.3) is 10.0 Å². The zero-order valence-electron chi connectivity index (χ0n) is 12.2. The summed E-state index contributed by atoms with van der Waals surface area (Å²) in [5, 5.41) is 3.27. The molecular weight excluding hydrogens is 369 g/mol. The maximum absolute atomic E-state index is 12.2. The third kappa shape index (κ3) is 4.56. The van der Waals surface area contributed by atoms with Crippen LogP contribution in [0.4, 0.5) is 0 Å². The number of carbonyl (C=O) groups excluding carboxylic acids is 1. The van der Waals surface area contributed by atoms with Gasteiger partial charge in [0.2, 0.25) is 5.91 Å². The number of nitrogens with zero attached hydrogens (tertiary/aromatic N) is 1. The molecule has 1 amide bonds. The van der Waals surface area contributed by atoms with Crippen LogP contribution in [0, 0.1) is 0 Å². The summed E-state index contributed by atoms with van der Waals surface area (Å²) in [4.78, 5) is 13.9. The molecule has 6 nitrogen and oxygen atoms in total. The number of sulfonamides is 1. The molecule has 2 heterocycles. The molecule has 0 radical (unpaired) electrons. The first kappa shape index (κ1) is 19.7. The molecule has 0 aromatic carbocycles. The van der Waals surface area contributed by atoms with Gasteiger partial charge in [0.15, 0.2) is 0 Å². The summed E-state index contributed by atoms with van der Waals surface area (Å²) in [5.41, 5.74) is 0. The topological polar surface area (TPSA) is 78.5 Å². The Balaban J connectivity index is 0.00000242. The van der Waals surface area contributed by atoms with Crippen molar-refractivity contribution in [3.8, 4) is 0 Å². The van der Waals surface area contributed by atoms with Gasteiger partial charge >= 0.3 is 0 Å². The van der Waals surface area contributed by atoms with E-state index in [1.807, 2.05) is 13.8 Å². The quantitative estimate of drug-likeness (QED) is 0.816. The number of nitrogens with one attached hydrogen (secondary N) is 2. The lowest BCUT2D eigenvalue weighted by molar-refractivity contribution is -0.133. The lowest BCUT2D eigenvalue weighted by Gasteiger charge is -2.38. The fourth-order valence-electron chi connectivity index (χ4n) is 2.18. The van der Waals surface area contributed by atoms with Crippen LogP contribution in [0.15, 0.2) is 16.3 Å². The molecule has 0 aliphatic carbocycles. The highest BCUT2D eigenvalue weighted by molar-refractivity contribution is 7.91. The van der Waals surface area contributed by atoms with Gasteiger partial charge in [0.05, 0.1) is 10.9 Å². The van der Waals surface area contributed by atoms with Crippen molar-refractivity contribution in [1.29, 1.82) is 0 Å². The maximum Gasteiger partial charge on any atom is 0.250 e. The summed E-state index contributed by atoms with van der Waals surface area (Å²) in [5.74, 6) is -0.220. The van der Waals surface area contributed by atoms with Crippen LogP contribution < -0.4 is 10.0 Å². The summed E-state index contributed by atoms with van der Waals surface area (Å²) in [6.45, 7) is 5.00. The van der Waals surface area contributed by atoms with Gasteiger partial charge < -0.3 is 10.2 Å². The van der Waals surface area contributed by atoms with Crippen LogP contribution in [-0.4, -0.2) is 50.9 Å². The number of halogens is 2. The van der Waals surface area contributed by atoms with Crippen molar-refractivity contribution in [3.05, 3.63) is 16.5 Å². The SMILES string of the molecule is CC1NCCN(C(=O)CNS(=O)(=O)c2ccc(Cl)s2)C1C.Cl. The Morgan fingerprint density at radius 2 is 2.18 bits per heavy atom. The summed E-state index contributed by atoms with van der Waals surface area (Å²) in [6, 6.07) is 3.17. The molecule has 0 spiro atoms. The Bertz CT molecular complexity index is 621. The smallest absolute Gasteiger partial charge is 0.250 e. The molecule has 1 aliphatic rings. The summed E-state index contributed by atoms with van der Waals surface area (Å²) >= 11 is 6.69. The number of hydrogen-bond acceptors (Lipinski definition) is 5. The van der Waals surface area contributed by atoms with E-state index in [4.69, 9.17) is 11.6 Å². The summed E-state index contributed by atoms with van der Waals surface area (Å²) < 4.78 is 26.9.